The van der Waals surface area contributed by atoms with Crippen molar-refractivity contribution in [2.45, 2.75) is 331 Å². The summed E-state index contributed by atoms with van der Waals surface area (Å²) in [5, 5.41) is 0. The second-order valence-electron chi connectivity index (χ2n) is 43.1. The Morgan fingerprint density at radius 3 is 1.41 bits per heavy atom. The smallest absolute Gasteiger partial charge is 0.229 e. The summed E-state index contributed by atoms with van der Waals surface area (Å²) in [4.78, 5) is 101. The second kappa shape index (κ2) is 43.5. The van der Waals surface area contributed by atoms with Crippen LogP contribution in [0.4, 0.5) is 5.69 Å². The Balaban J connectivity index is 0.000000212. The monoisotopic (exact) mass is 1640 g/mol. The lowest BCUT2D eigenvalue weighted by atomic mass is 9.98. The predicted molar refractivity (Wildman–Crippen MR) is 480 cm³/mol. The Morgan fingerprint density at radius 2 is 0.949 bits per heavy atom. The van der Waals surface area contributed by atoms with Crippen molar-refractivity contribution in [3.63, 3.8) is 0 Å². The van der Waals surface area contributed by atoms with E-state index in [0.717, 1.165) is 150 Å². The summed E-state index contributed by atoms with van der Waals surface area (Å²) in [6.45, 7) is 82.7. The summed E-state index contributed by atoms with van der Waals surface area (Å²) in [7, 11) is 9.36. The first-order valence-corrected chi connectivity index (χ1v) is 47.6. The number of amides is 7. The van der Waals surface area contributed by atoms with Gasteiger partial charge >= 0.3 is 0 Å². The molecule has 21 heteroatoms. The molecular formula is C96H183N14O7+7. The number of fused-ring (bicyclic) bond motifs is 9. The molecule has 12 aliphatic rings. The molecule has 13 heterocycles. The molecule has 1 N–H and O–H groups in total. The average Bonchev–Trinajstić information content (AvgIpc) is 1.60. The van der Waals surface area contributed by atoms with Crippen molar-refractivity contribution < 1.29 is 65.4 Å². The highest BCUT2D eigenvalue weighted by atomic mass is 16.2. The van der Waals surface area contributed by atoms with Crippen LogP contribution < -0.4 is 14.4 Å². The van der Waals surface area contributed by atoms with Gasteiger partial charge in [-0.2, -0.15) is 4.57 Å². The number of likely N-dealkylation sites (tertiary alicyclic amines) is 5. The SMILES string of the molecule is CC(C)C(=O)N1CC2CC1C[N+]2(C)C(C)C.CC(C)C(=O)N1CC2C[N+](C)(C(C)C)CC2C1.CC(C)C(=O)N1CCC([N+](C)(C)C(C)C)CC1.CC(C)C(=O)N1CCC[NH+](C(C)C)CC1.CC(C)C(=O)N1CCCc2c1ccc[n+]2C(C)C.CC(C)C(=O)N1CC[N+]2(C(C)C)CCC1CC2.CC(C)C(=O)N1CC[N+]2(C(C)C)CCCC2C1. The van der Waals surface area contributed by atoms with Gasteiger partial charge in [-0.15, -0.1) is 0 Å². The first kappa shape index (κ1) is 101. The number of hydrogen-bond donors (Lipinski definition) is 1. The third kappa shape index (κ3) is 25.0. The van der Waals surface area contributed by atoms with Crippen molar-refractivity contribution in [3.05, 3.63) is 24.0 Å². The van der Waals surface area contributed by atoms with Crippen LogP contribution in [-0.4, -0.2) is 325 Å². The third-order valence-electron chi connectivity index (χ3n) is 30.8. The van der Waals surface area contributed by atoms with E-state index in [2.05, 4.69) is 162 Å². The minimum absolute atomic E-state index is 0.0589. The van der Waals surface area contributed by atoms with Gasteiger partial charge in [0.15, 0.2) is 12.2 Å². The molecule has 0 spiro atoms. The van der Waals surface area contributed by atoms with Gasteiger partial charge in [0.2, 0.25) is 47.0 Å². The van der Waals surface area contributed by atoms with Crippen molar-refractivity contribution in [1.82, 2.24) is 29.4 Å². The maximum atomic E-state index is 12.3. The molecule has 1 aromatic rings. The zero-order chi connectivity index (χ0) is 88.1. The summed E-state index contributed by atoms with van der Waals surface area (Å²) in [6.07, 6.45) is 13.9. The lowest BCUT2D eigenvalue weighted by Crippen LogP contribution is -3.15. The molecule has 0 saturated carbocycles. The number of carbonyl (C=O) groups excluding carboxylic acids is 7. The molecule has 0 radical (unpaired) electrons. The molecule has 11 saturated heterocycles. The van der Waals surface area contributed by atoms with Crippen molar-refractivity contribution in [2.24, 2.45) is 53.3 Å². The Bertz CT molecular complexity index is 3310. The van der Waals surface area contributed by atoms with Gasteiger partial charge in [-0.1, -0.05) is 96.9 Å². The fraction of sp³-hybridized carbons (Fsp3) is 0.875. The minimum Gasteiger partial charge on any atom is -0.342 e. The molecule has 0 aromatic carbocycles. The van der Waals surface area contributed by atoms with Crippen LogP contribution in [0.5, 0.6) is 0 Å². The van der Waals surface area contributed by atoms with Gasteiger partial charge < -0.3 is 61.6 Å². The number of likely N-dealkylation sites (N-methyl/N-ethyl adjacent to an activating group) is 1. The Morgan fingerprint density at radius 1 is 0.436 bits per heavy atom. The van der Waals surface area contributed by atoms with E-state index in [9.17, 15) is 33.6 Å². The predicted octanol–water partition coefficient (Wildman–Crippen LogP) is 11.6. The van der Waals surface area contributed by atoms with Crippen molar-refractivity contribution in [3.8, 4) is 0 Å². The molecule has 1 aromatic heterocycles. The summed E-state index contributed by atoms with van der Waals surface area (Å²) in [5.41, 5.74) is 2.41. The Hall–Kier alpha value is -4.80. The fourth-order valence-corrected chi connectivity index (χ4v) is 21.4. The Labute approximate surface area is 716 Å². The average molecular weight is 1650 g/mol. The largest absolute Gasteiger partial charge is 0.342 e. The van der Waals surface area contributed by atoms with E-state index in [1.54, 1.807) is 4.90 Å². The molecule has 8 unspecified atom stereocenters. The zero-order valence-electron chi connectivity index (χ0n) is 81.4. The van der Waals surface area contributed by atoms with E-state index in [1.807, 2.05) is 118 Å². The molecule has 13 rings (SSSR count). The number of pyridine rings is 1. The van der Waals surface area contributed by atoms with Gasteiger partial charge in [0.05, 0.1) is 175 Å². The number of hydrogen-bond acceptors (Lipinski definition) is 7. The van der Waals surface area contributed by atoms with Crippen molar-refractivity contribution in [1.29, 1.82) is 0 Å². The quantitative estimate of drug-likeness (QED) is 0.136. The molecule has 0 aliphatic carbocycles. The van der Waals surface area contributed by atoms with Crippen LogP contribution in [-0.2, 0) is 40.0 Å². The van der Waals surface area contributed by atoms with E-state index in [4.69, 9.17) is 0 Å². The summed E-state index contributed by atoms with van der Waals surface area (Å²) in [5.74, 6) is 4.70. The maximum absolute atomic E-state index is 12.3. The number of anilines is 1. The van der Waals surface area contributed by atoms with Crippen molar-refractivity contribution >= 4 is 47.0 Å². The van der Waals surface area contributed by atoms with Gasteiger partial charge in [-0.05, 0) is 109 Å². The van der Waals surface area contributed by atoms with E-state index >= 15 is 0 Å². The number of piperazine rings is 2. The molecule has 11 fully saturated rings. The van der Waals surface area contributed by atoms with Crippen LogP contribution in [0.25, 0.3) is 0 Å². The molecular weight excluding hydrogens is 1460 g/mol. The number of quaternary nitrogens is 6. The second-order valence-corrected chi connectivity index (χ2v) is 43.1. The number of carbonyl (C=O) groups is 7. The number of nitrogens with zero attached hydrogens (tertiary/aromatic N) is 13. The molecule has 117 heavy (non-hydrogen) atoms. The van der Waals surface area contributed by atoms with E-state index in [1.165, 1.54) is 97.1 Å². The van der Waals surface area contributed by atoms with Gasteiger partial charge in [0.1, 0.15) is 17.8 Å². The molecule has 12 aliphatic heterocycles. The maximum Gasteiger partial charge on any atom is 0.229 e. The first-order chi connectivity index (χ1) is 54.4. The summed E-state index contributed by atoms with van der Waals surface area (Å²) in [6, 6.07) is 11.8. The lowest BCUT2D eigenvalue weighted by Gasteiger charge is -2.50. The van der Waals surface area contributed by atoms with Crippen LogP contribution in [0.2, 0.25) is 0 Å². The van der Waals surface area contributed by atoms with Crippen LogP contribution in [0.1, 0.15) is 263 Å². The lowest BCUT2D eigenvalue weighted by molar-refractivity contribution is -0.962. The Kier molecular flexibility index (Phi) is 37.6. The fourth-order valence-electron chi connectivity index (χ4n) is 21.4. The highest BCUT2D eigenvalue weighted by molar-refractivity contribution is 5.95. The van der Waals surface area contributed by atoms with Gasteiger partial charge in [-0.25, -0.2) is 0 Å². The molecule has 8 atom stereocenters. The molecule has 7 amide bonds. The molecule has 21 nitrogen and oxygen atoms in total. The van der Waals surface area contributed by atoms with Gasteiger partial charge in [-0.3, -0.25) is 33.6 Å². The first-order valence-electron chi connectivity index (χ1n) is 47.6. The van der Waals surface area contributed by atoms with Gasteiger partial charge in [0.25, 0.3) is 0 Å². The molecule has 672 valence electrons. The number of piperidine rings is 2. The topological polar surface area (TPSA) is 150 Å². The van der Waals surface area contributed by atoms with Crippen LogP contribution in [0, 0.1) is 53.3 Å². The highest BCUT2D eigenvalue weighted by Gasteiger charge is 2.56. The number of rotatable bonds is 15. The zero-order valence-corrected chi connectivity index (χ0v) is 81.4. The normalized spacial score (nSPS) is 28.3. The van der Waals surface area contributed by atoms with Crippen LogP contribution >= 0.6 is 0 Å². The minimum atomic E-state index is 0.0589. The van der Waals surface area contributed by atoms with E-state index in [-0.39, 0.29) is 47.3 Å². The van der Waals surface area contributed by atoms with Crippen LogP contribution in [0.3, 0.4) is 0 Å². The molecule has 4 bridgehead atoms. The number of nitrogens with one attached hydrogen (secondary N) is 1. The highest BCUT2D eigenvalue weighted by Crippen LogP contribution is 2.40. The standard InChI is InChI=1S/C15H23N2O.3C14H27N2O.C14H29N2O.C13H25N2O.C12H24N2O/c1-11(2)15(18)17-10-6-7-13-14(17)8-5-9-16(13)12(3)4;1-10(2)14(17)15-6-12-8-16(5,11(3)4)9-13(12)7-15;1-11(2)14(17)15-7-10-16(12(3)4)8-5-13(15)6-9-16;1-11(2)14(17)15-7-9-16(12(3)4)8-5-6-13(16)10-15;1-11(2)14(17)15-9-7-13(8-10-15)16(5,6)12(3)4;1-9(2)13(16)14-7-12-6-11(14)8-15(12,5)10(3)4;1-10(2)12(15)14-7-5-6-13(8-9-14)11(3)4/h5,8-9,11-12H,6-7,10H2,1-4H3;10-13H,6-9H2,1-5H3;2*11-13H,5-10H2,1-4H3;11-13H,7-10H2,1-6H3;9-12H,6-8H2,1-5H3;10-11H,5-9H2,1-4H3/q6*+1;/p+1. The van der Waals surface area contributed by atoms with Crippen LogP contribution in [0.15, 0.2) is 18.3 Å². The van der Waals surface area contributed by atoms with E-state index in [0.29, 0.717) is 108 Å². The van der Waals surface area contributed by atoms with E-state index < -0.39 is 0 Å². The van der Waals surface area contributed by atoms with Gasteiger partial charge in [0, 0.05) is 162 Å². The summed E-state index contributed by atoms with van der Waals surface area (Å²) < 4.78 is 8.21. The van der Waals surface area contributed by atoms with Crippen molar-refractivity contribution in [2.75, 3.05) is 171 Å². The number of aromatic nitrogens is 1. The third-order valence-corrected chi connectivity index (χ3v) is 30.8. The summed E-state index contributed by atoms with van der Waals surface area (Å²) >= 11 is 0.